The van der Waals surface area contributed by atoms with Gasteiger partial charge in [0.25, 0.3) is 0 Å². The molecule has 1 aromatic rings. The topological polar surface area (TPSA) is 35.5 Å². The molecule has 3 nitrogen and oxygen atoms in total. The number of allylic oxidation sites excluding steroid dienone is 1. The smallest absolute Gasteiger partial charge is 0.346 e. The summed E-state index contributed by atoms with van der Waals surface area (Å²) < 4.78 is 10.7. The van der Waals surface area contributed by atoms with Crippen molar-refractivity contribution in [2.45, 2.75) is 52.6 Å². The molecule has 0 fully saturated rings. The lowest BCUT2D eigenvalue weighted by Crippen LogP contribution is -2.22. The first-order valence-electron chi connectivity index (χ1n) is 7.69. The molecule has 1 atom stereocenters. The number of esters is 1. The van der Waals surface area contributed by atoms with E-state index in [4.69, 9.17) is 9.47 Å². The van der Waals surface area contributed by atoms with Crippen LogP contribution in [-0.2, 0) is 14.3 Å². The van der Waals surface area contributed by atoms with E-state index in [-0.39, 0.29) is 5.97 Å². The van der Waals surface area contributed by atoms with Crippen LogP contribution < -0.4 is 0 Å². The summed E-state index contributed by atoms with van der Waals surface area (Å²) in [5.41, 5.74) is 2.07. The van der Waals surface area contributed by atoms with Crippen molar-refractivity contribution in [1.29, 1.82) is 0 Å². The van der Waals surface area contributed by atoms with E-state index in [0.29, 0.717) is 6.61 Å². The van der Waals surface area contributed by atoms with Crippen LogP contribution in [-0.4, -0.2) is 18.7 Å². The Morgan fingerprint density at radius 2 is 1.90 bits per heavy atom. The van der Waals surface area contributed by atoms with Gasteiger partial charge in [0, 0.05) is 0 Å². The first-order chi connectivity index (χ1) is 10.1. The normalized spacial score (nSPS) is 12.8. The fourth-order valence-electron chi connectivity index (χ4n) is 1.85. The highest BCUT2D eigenvalue weighted by Gasteiger charge is 2.14. The molecule has 1 rings (SSSR count). The minimum Gasteiger partial charge on any atom is -0.486 e. The predicted octanol–water partition coefficient (Wildman–Crippen LogP) is 4.58. The summed E-state index contributed by atoms with van der Waals surface area (Å²) in [7, 11) is 0. The summed E-state index contributed by atoms with van der Waals surface area (Å²) in [6.07, 6.45) is 5.43. The maximum absolute atomic E-state index is 11.7. The van der Waals surface area contributed by atoms with E-state index < -0.39 is 6.10 Å². The minimum atomic E-state index is -0.574. The minimum absolute atomic E-state index is 0.302. The van der Waals surface area contributed by atoms with E-state index in [9.17, 15) is 4.79 Å². The van der Waals surface area contributed by atoms with Gasteiger partial charge < -0.3 is 9.47 Å². The van der Waals surface area contributed by atoms with Crippen LogP contribution in [0, 0.1) is 0 Å². The Morgan fingerprint density at radius 3 is 2.57 bits per heavy atom. The number of hydrogen-bond acceptors (Lipinski definition) is 3. The van der Waals surface area contributed by atoms with Gasteiger partial charge in [0.05, 0.1) is 12.9 Å². The molecule has 0 amide bonds. The second kappa shape index (κ2) is 10.0. The van der Waals surface area contributed by atoms with Crippen molar-refractivity contribution in [3.8, 4) is 0 Å². The van der Waals surface area contributed by atoms with Crippen LogP contribution in [0.25, 0.3) is 5.57 Å². The van der Waals surface area contributed by atoms with Crippen LogP contribution in [0.15, 0.2) is 36.6 Å². The molecule has 116 valence electrons. The molecule has 21 heavy (non-hydrogen) atoms. The van der Waals surface area contributed by atoms with Gasteiger partial charge >= 0.3 is 5.97 Å². The highest BCUT2D eigenvalue weighted by Crippen LogP contribution is 2.13. The quantitative estimate of drug-likeness (QED) is 0.379. The Kier molecular flexibility index (Phi) is 8.25. The van der Waals surface area contributed by atoms with Gasteiger partial charge in [-0.05, 0) is 31.4 Å². The maximum Gasteiger partial charge on any atom is 0.346 e. The molecule has 0 aliphatic rings. The summed E-state index contributed by atoms with van der Waals surface area (Å²) >= 11 is 0. The van der Waals surface area contributed by atoms with Crippen LogP contribution in [0.5, 0.6) is 0 Å². The van der Waals surface area contributed by atoms with Gasteiger partial charge in [0.1, 0.15) is 0 Å². The Balaban J connectivity index is 2.32. The monoisotopic (exact) mass is 290 g/mol. The Labute approximate surface area is 128 Å². The summed E-state index contributed by atoms with van der Waals surface area (Å²) in [5, 5.41) is 0. The Morgan fingerprint density at radius 1 is 1.19 bits per heavy atom. The molecule has 3 heteroatoms. The molecular formula is C18H26O3. The third-order valence-electron chi connectivity index (χ3n) is 3.25. The van der Waals surface area contributed by atoms with Crippen LogP contribution in [0.1, 0.15) is 52.0 Å². The molecule has 1 unspecified atom stereocenters. The molecule has 0 aliphatic carbocycles. The van der Waals surface area contributed by atoms with Gasteiger partial charge in [-0.1, -0.05) is 56.5 Å². The van der Waals surface area contributed by atoms with Crippen LogP contribution in [0.2, 0.25) is 0 Å². The van der Waals surface area contributed by atoms with Gasteiger partial charge in [0.15, 0.2) is 6.10 Å². The predicted molar refractivity (Wildman–Crippen MR) is 85.7 cm³/mol. The number of hydrogen-bond donors (Lipinski definition) is 0. The van der Waals surface area contributed by atoms with Gasteiger partial charge in [-0.25, -0.2) is 4.79 Å². The lowest BCUT2D eigenvalue weighted by Gasteiger charge is -2.12. The largest absolute Gasteiger partial charge is 0.486 e. The molecule has 0 saturated heterocycles. The second-order valence-corrected chi connectivity index (χ2v) is 5.17. The van der Waals surface area contributed by atoms with Crippen molar-refractivity contribution in [3.63, 3.8) is 0 Å². The van der Waals surface area contributed by atoms with Crippen molar-refractivity contribution < 1.29 is 14.3 Å². The molecule has 0 bridgehead atoms. The third-order valence-corrected chi connectivity index (χ3v) is 3.25. The number of carbonyl (C=O) groups excluding carboxylic acids is 1. The molecule has 0 spiro atoms. The first kappa shape index (κ1) is 17.3. The molecule has 0 saturated carbocycles. The van der Waals surface area contributed by atoms with E-state index in [0.717, 1.165) is 24.0 Å². The summed E-state index contributed by atoms with van der Waals surface area (Å²) in [4.78, 5) is 11.7. The molecule has 0 aromatic heterocycles. The summed E-state index contributed by atoms with van der Waals surface area (Å²) in [6, 6.07) is 9.93. The van der Waals surface area contributed by atoms with Crippen molar-refractivity contribution in [1.82, 2.24) is 0 Å². The number of ether oxygens (including phenoxy) is 2. The van der Waals surface area contributed by atoms with E-state index in [1.807, 2.05) is 37.3 Å². The third kappa shape index (κ3) is 6.98. The number of unbranched alkanes of at least 4 members (excludes halogenated alkanes) is 3. The molecule has 0 radical (unpaired) electrons. The highest BCUT2D eigenvalue weighted by atomic mass is 16.6. The average molecular weight is 290 g/mol. The van der Waals surface area contributed by atoms with Crippen molar-refractivity contribution in [2.24, 2.45) is 0 Å². The van der Waals surface area contributed by atoms with E-state index in [1.54, 1.807) is 13.2 Å². The van der Waals surface area contributed by atoms with Crippen molar-refractivity contribution in [3.05, 3.63) is 42.2 Å². The van der Waals surface area contributed by atoms with Gasteiger partial charge in [-0.3, -0.25) is 0 Å². The van der Waals surface area contributed by atoms with E-state index in [2.05, 4.69) is 6.92 Å². The summed E-state index contributed by atoms with van der Waals surface area (Å²) in [5.74, 6) is -0.302. The van der Waals surface area contributed by atoms with Crippen LogP contribution in [0.3, 0.4) is 0 Å². The molecule has 1 aromatic carbocycles. The lowest BCUT2D eigenvalue weighted by atomic mass is 10.1. The van der Waals surface area contributed by atoms with Crippen LogP contribution in [0.4, 0.5) is 0 Å². The first-order valence-corrected chi connectivity index (χ1v) is 7.69. The van der Waals surface area contributed by atoms with E-state index in [1.165, 1.54) is 12.8 Å². The molecular weight excluding hydrogens is 264 g/mol. The average Bonchev–Trinajstić information content (AvgIpc) is 2.52. The fourth-order valence-corrected chi connectivity index (χ4v) is 1.85. The van der Waals surface area contributed by atoms with Gasteiger partial charge in [-0.2, -0.15) is 0 Å². The van der Waals surface area contributed by atoms with E-state index >= 15 is 0 Å². The molecule has 0 N–H and O–H groups in total. The zero-order valence-electron chi connectivity index (χ0n) is 13.3. The standard InChI is InChI=1S/C18H26O3/c1-4-5-6-10-13-20-18(19)16(3)21-14-15(2)17-11-8-7-9-12-17/h7-9,11-12,14,16H,4-6,10,13H2,1-3H3. The zero-order chi connectivity index (χ0) is 15.5. The number of benzene rings is 1. The van der Waals surface area contributed by atoms with Crippen LogP contribution >= 0.6 is 0 Å². The van der Waals surface area contributed by atoms with Crippen molar-refractivity contribution in [2.75, 3.05) is 6.61 Å². The number of rotatable bonds is 9. The summed E-state index contributed by atoms with van der Waals surface area (Å²) in [6.45, 7) is 6.30. The van der Waals surface area contributed by atoms with Gasteiger partial charge in [0.2, 0.25) is 0 Å². The fraction of sp³-hybridized carbons (Fsp3) is 0.500. The number of carbonyl (C=O) groups is 1. The Hall–Kier alpha value is -1.77. The molecule has 0 aliphatic heterocycles. The Bertz CT molecular complexity index is 437. The van der Waals surface area contributed by atoms with Crippen molar-refractivity contribution >= 4 is 11.5 Å². The maximum atomic E-state index is 11.7. The lowest BCUT2D eigenvalue weighted by molar-refractivity contribution is -0.152. The molecule has 0 heterocycles. The van der Waals surface area contributed by atoms with Gasteiger partial charge in [-0.15, -0.1) is 0 Å². The SMILES string of the molecule is CCCCCCOC(=O)C(C)OC=C(C)c1ccccc1. The zero-order valence-corrected chi connectivity index (χ0v) is 13.3. The highest BCUT2D eigenvalue weighted by molar-refractivity contribution is 5.74. The second-order valence-electron chi connectivity index (χ2n) is 5.17.